The van der Waals surface area contributed by atoms with Crippen molar-refractivity contribution in [3.8, 4) is 0 Å². The molecule has 0 unspecified atom stereocenters. The van der Waals surface area contributed by atoms with E-state index in [2.05, 4.69) is 4.98 Å². The number of aromatic nitrogens is 1. The molecule has 0 aliphatic carbocycles. The molecule has 0 saturated carbocycles. The molecule has 0 atom stereocenters. The number of rotatable bonds is 7. The molecule has 1 aromatic rings. The molecule has 0 amide bonds. The van der Waals surface area contributed by atoms with Gasteiger partial charge in [0.15, 0.2) is 0 Å². The van der Waals surface area contributed by atoms with Gasteiger partial charge >= 0.3 is 6.75 Å². The fourth-order valence-corrected chi connectivity index (χ4v) is 2.28. The molecule has 0 bridgehead atoms. The lowest BCUT2D eigenvalue weighted by Gasteiger charge is -2.45. The Morgan fingerprint density at radius 1 is 0.950 bits per heavy atom. The second-order valence-corrected chi connectivity index (χ2v) is 5.97. The van der Waals surface area contributed by atoms with Gasteiger partial charge in [-0.2, -0.15) is 0 Å². The lowest BCUT2D eigenvalue weighted by molar-refractivity contribution is 0.0147. The first-order valence-electron chi connectivity index (χ1n) is 7.04. The van der Waals surface area contributed by atoms with Crippen molar-refractivity contribution in [1.29, 1.82) is 0 Å². The number of pyridine rings is 1. The highest BCUT2D eigenvalue weighted by molar-refractivity contribution is 6.76. The van der Waals surface area contributed by atoms with Crippen molar-refractivity contribution in [2.75, 3.05) is 0 Å². The summed E-state index contributed by atoms with van der Waals surface area (Å²) in [5.74, 6) is 0. The molecule has 0 radical (unpaired) electrons. The van der Waals surface area contributed by atoms with Crippen LogP contribution in [0.5, 0.6) is 0 Å². The molecular formula is C14H24BClNO3-. The average molecular weight is 301 g/mol. The van der Waals surface area contributed by atoms with Crippen LogP contribution in [0.2, 0.25) is 5.02 Å². The van der Waals surface area contributed by atoms with Crippen molar-refractivity contribution in [2.45, 2.75) is 59.9 Å². The number of nitrogens with zero attached hydrogens (tertiary/aromatic N) is 1. The lowest BCUT2D eigenvalue weighted by atomic mass is 9.71. The van der Waals surface area contributed by atoms with Crippen LogP contribution in [0.15, 0.2) is 18.3 Å². The summed E-state index contributed by atoms with van der Waals surface area (Å²) in [6.45, 7) is 9.40. The van der Waals surface area contributed by atoms with Crippen LogP contribution in [-0.4, -0.2) is 30.1 Å². The summed E-state index contributed by atoms with van der Waals surface area (Å²) in [4.78, 5) is 4.33. The number of hydrogen-bond donors (Lipinski definition) is 0. The van der Waals surface area contributed by atoms with E-state index in [1.54, 1.807) is 18.3 Å². The lowest BCUT2D eigenvalue weighted by Crippen LogP contribution is -2.61. The second kappa shape index (κ2) is 7.41. The molecule has 6 heteroatoms. The van der Waals surface area contributed by atoms with Gasteiger partial charge in [0.05, 0.1) is 0 Å². The molecule has 0 fully saturated rings. The van der Waals surface area contributed by atoms with Gasteiger partial charge in [-0.05, 0) is 59.3 Å². The molecule has 0 aromatic carbocycles. The van der Waals surface area contributed by atoms with Crippen LogP contribution < -0.4 is 5.59 Å². The van der Waals surface area contributed by atoms with Gasteiger partial charge in [0.1, 0.15) is 0 Å². The Labute approximate surface area is 126 Å². The highest BCUT2D eigenvalue weighted by Crippen LogP contribution is 2.20. The van der Waals surface area contributed by atoms with E-state index in [0.717, 1.165) is 0 Å². The van der Waals surface area contributed by atoms with E-state index in [0.29, 0.717) is 10.6 Å². The van der Waals surface area contributed by atoms with Gasteiger partial charge in [-0.25, -0.2) is 0 Å². The van der Waals surface area contributed by atoms with E-state index in [1.165, 1.54) is 0 Å². The number of hydrogen-bond acceptors (Lipinski definition) is 4. The summed E-state index contributed by atoms with van der Waals surface area (Å²) >= 11 is 6.27. The predicted octanol–water partition coefficient (Wildman–Crippen LogP) is 3.16. The van der Waals surface area contributed by atoms with Gasteiger partial charge in [-0.3, -0.25) is 4.98 Å². The summed E-state index contributed by atoms with van der Waals surface area (Å²) in [5.41, 5.74) is 0.505. The smallest absolute Gasteiger partial charge is 0.429 e. The summed E-state index contributed by atoms with van der Waals surface area (Å²) < 4.78 is 18.0. The minimum Gasteiger partial charge on any atom is -0.538 e. The Bertz CT molecular complexity index is 400. The molecule has 1 heterocycles. The molecule has 0 saturated heterocycles. The highest BCUT2D eigenvalue weighted by atomic mass is 35.5. The number of halogens is 1. The monoisotopic (exact) mass is 300 g/mol. The van der Waals surface area contributed by atoms with Crippen molar-refractivity contribution < 1.29 is 14.0 Å². The van der Waals surface area contributed by atoms with E-state index in [4.69, 9.17) is 25.6 Å². The van der Waals surface area contributed by atoms with Gasteiger partial charge in [0, 0.05) is 29.5 Å². The van der Waals surface area contributed by atoms with Crippen LogP contribution in [0.4, 0.5) is 0 Å². The molecule has 1 aromatic heterocycles. The van der Waals surface area contributed by atoms with Crippen molar-refractivity contribution >= 4 is 23.9 Å². The van der Waals surface area contributed by atoms with Gasteiger partial charge in [0.25, 0.3) is 0 Å². The standard InChI is InChI=1S/C14H24BClNO3/c1-10(2)18-15(19-11(3)4,20-12(5)6)14-13(16)8-7-9-17-14/h7-12H,1-6H3/q-1. The molecule has 0 aliphatic heterocycles. The van der Waals surface area contributed by atoms with E-state index >= 15 is 0 Å². The topological polar surface area (TPSA) is 40.6 Å². The van der Waals surface area contributed by atoms with Crippen LogP contribution in [0, 0.1) is 0 Å². The highest BCUT2D eigenvalue weighted by Gasteiger charge is 2.37. The van der Waals surface area contributed by atoms with Crippen molar-refractivity contribution in [3.63, 3.8) is 0 Å². The quantitative estimate of drug-likeness (QED) is 0.725. The zero-order valence-electron chi connectivity index (χ0n) is 13.1. The fourth-order valence-electron chi connectivity index (χ4n) is 2.02. The summed E-state index contributed by atoms with van der Waals surface area (Å²) in [6.07, 6.45) is 1.43. The van der Waals surface area contributed by atoms with Crippen LogP contribution in [0.3, 0.4) is 0 Å². The van der Waals surface area contributed by atoms with Gasteiger partial charge in [-0.1, -0.05) is 11.6 Å². The predicted molar refractivity (Wildman–Crippen MR) is 83.3 cm³/mol. The Kier molecular flexibility index (Phi) is 6.46. The van der Waals surface area contributed by atoms with Gasteiger partial charge < -0.3 is 14.0 Å². The first kappa shape index (κ1) is 17.4. The molecular weight excluding hydrogens is 276 g/mol. The molecule has 0 aliphatic rings. The molecule has 20 heavy (non-hydrogen) atoms. The Morgan fingerprint density at radius 2 is 1.40 bits per heavy atom. The van der Waals surface area contributed by atoms with Crippen molar-refractivity contribution in [3.05, 3.63) is 23.4 Å². The van der Waals surface area contributed by atoms with Crippen LogP contribution >= 0.6 is 11.6 Å². The minimum atomic E-state index is -2.18. The third-order valence-corrected chi connectivity index (χ3v) is 2.80. The molecule has 114 valence electrons. The largest absolute Gasteiger partial charge is 0.538 e. The SMILES string of the molecule is CC(C)O[B-](OC(C)C)(OC(C)C)c1ncccc1Cl. The third kappa shape index (κ3) is 4.74. The second-order valence-electron chi connectivity index (χ2n) is 5.57. The van der Waals surface area contributed by atoms with Gasteiger partial charge in [-0.15, -0.1) is 0 Å². The van der Waals surface area contributed by atoms with Crippen LogP contribution in [0.25, 0.3) is 0 Å². The zero-order valence-corrected chi connectivity index (χ0v) is 13.8. The third-order valence-electron chi connectivity index (χ3n) is 2.48. The van der Waals surface area contributed by atoms with Crippen LogP contribution in [0.1, 0.15) is 41.5 Å². The first-order chi connectivity index (χ1) is 9.27. The van der Waals surface area contributed by atoms with E-state index < -0.39 is 6.75 Å². The zero-order chi connectivity index (χ0) is 15.3. The summed E-state index contributed by atoms with van der Waals surface area (Å²) in [5, 5.41) is 0.481. The molecule has 0 N–H and O–H groups in total. The Balaban J connectivity index is 3.30. The van der Waals surface area contributed by atoms with Crippen molar-refractivity contribution in [2.24, 2.45) is 0 Å². The maximum absolute atomic E-state index is 6.27. The van der Waals surface area contributed by atoms with Gasteiger partial charge in [0.2, 0.25) is 0 Å². The maximum Gasteiger partial charge on any atom is 0.429 e. The van der Waals surface area contributed by atoms with E-state index in [9.17, 15) is 0 Å². The molecule has 0 spiro atoms. The first-order valence-corrected chi connectivity index (χ1v) is 7.42. The Hall–Kier alpha value is -0.615. The molecule has 4 nitrogen and oxygen atoms in total. The Morgan fingerprint density at radius 3 is 1.75 bits per heavy atom. The minimum absolute atomic E-state index is 0.0782. The summed E-state index contributed by atoms with van der Waals surface area (Å²) in [7, 11) is 0. The van der Waals surface area contributed by atoms with Crippen molar-refractivity contribution in [1.82, 2.24) is 4.98 Å². The maximum atomic E-state index is 6.27. The fraction of sp³-hybridized carbons (Fsp3) is 0.643. The van der Waals surface area contributed by atoms with Crippen LogP contribution in [-0.2, 0) is 14.0 Å². The normalized spacial score (nSPS) is 12.7. The summed E-state index contributed by atoms with van der Waals surface area (Å²) in [6, 6.07) is 3.53. The average Bonchev–Trinajstić information content (AvgIpc) is 2.26. The van der Waals surface area contributed by atoms with E-state index in [-0.39, 0.29) is 18.3 Å². The van der Waals surface area contributed by atoms with E-state index in [1.807, 2.05) is 41.5 Å². The molecule has 1 rings (SSSR count).